The van der Waals surface area contributed by atoms with Gasteiger partial charge in [0.25, 0.3) is 0 Å². The van der Waals surface area contributed by atoms with Gasteiger partial charge in [0.15, 0.2) is 17.5 Å². The summed E-state index contributed by atoms with van der Waals surface area (Å²) in [6, 6.07) is 3.96. The normalized spacial score (nSPS) is 19.0. The molecule has 1 unspecified atom stereocenters. The predicted molar refractivity (Wildman–Crippen MR) is 151 cm³/mol. The number of ether oxygens (including phenoxy) is 1. The molecule has 1 saturated heterocycles. The van der Waals surface area contributed by atoms with Gasteiger partial charge in [-0.2, -0.15) is 23.4 Å². The lowest BCUT2D eigenvalue weighted by Crippen LogP contribution is -2.50. The summed E-state index contributed by atoms with van der Waals surface area (Å²) in [4.78, 5) is 14.0. The number of piperidine rings is 1. The SMILES string of the molecule is COC1CCN(c2nc(-c3c(C)ccc4n[nH]c(C)c34)nc3c2CN(c2c(F)c(C(F)(F)F)nn2C)CC3)CC1(C)C. The van der Waals surface area contributed by atoms with Crippen LogP contribution in [0.3, 0.4) is 0 Å². The van der Waals surface area contributed by atoms with E-state index in [1.54, 1.807) is 12.0 Å². The van der Waals surface area contributed by atoms with Crippen molar-refractivity contribution < 1.29 is 22.3 Å². The van der Waals surface area contributed by atoms with Crippen molar-refractivity contribution in [3.63, 3.8) is 0 Å². The van der Waals surface area contributed by atoms with Gasteiger partial charge in [0.05, 0.1) is 17.3 Å². The van der Waals surface area contributed by atoms with Gasteiger partial charge in [-0.05, 0) is 31.9 Å². The van der Waals surface area contributed by atoms with Gasteiger partial charge in [-0.3, -0.25) is 5.10 Å². The molecule has 0 spiro atoms. The Morgan fingerprint density at radius 3 is 2.52 bits per heavy atom. The quantitative estimate of drug-likeness (QED) is 0.323. The van der Waals surface area contributed by atoms with Crippen molar-refractivity contribution in [1.29, 1.82) is 0 Å². The van der Waals surface area contributed by atoms with Gasteiger partial charge in [0.2, 0.25) is 5.69 Å². The van der Waals surface area contributed by atoms with Crippen LogP contribution in [0.25, 0.3) is 22.3 Å². The van der Waals surface area contributed by atoms with E-state index < -0.39 is 17.7 Å². The van der Waals surface area contributed by atoms with Crippen molar-refractivity contribution in [3.05, 3.63) is 46.2 Å². The second-order valence-electron chi connectivity index (χ2n) is 12.0. The fraction of sp³-hybridized carbons (Fsp3) is 0.517. The maximum Gasteiger partial charge on any atom is 0.438 e. The number of alkyl halides is 3. The number of benzene rings is 1. The molecule has 0 amide bonds. The fourth-order valence-electron chi connectivity index (χ4n) is 6.58. The smallest absolute Gasteiger partial charge is 0.381 e. The summed E-state index contributed by atoms with van der Waals surface area (Å²) in [6.45, 7) is 10.0. The third-order valence-electron chi connectivity index (χ3n) is 8.62. The van der Waals surface area contributed by atoms with Crippen molar-refractivity contribution in [2.45, 2.75) is 59.4 Å². The van der Waals surface area contributed by atoms with Crippen LogP contribution < -0.4 is 9.80 Å². The third kappa shape index (κ3) is 4.58. The monoisotopic (exact) mass is 586 g/mol. The van der Waals surface area contributed by atoms with E-state index in [9.17, 15) is 13.2 Å². The van der Waals surface area contributed by atoms with Crippen LogP contribution in [-0.2, 0) is 30.9 Å². The van der Waals surface area contributed by atoms with Gasteiger partial charge in [-0.1, -0.05) is 19.9 Å². The summed E-state index contributed by atoms with van der Waals surface area (Å²) < 4.78 is 62.3. The first-order chi connectivity index (χ1) is 19.8. The molecular weight excluding hydrogens is 552 g/mol. The summed E-state index contributed by atoms with van der Waals surface area (Å²) in [7, 11) is 3.05. The van der Waals surface area contributed by atoms with E-state index in [-0.39, 0.29) is 30.4 Å². The number of aromatic nitrogens is 6. The van der Waals surface area contributed by atoms with Crippen LogP contribution in [0.4, 0.5) is 29.2 Å². The molecule has 224 valence electrons. The highest BCUT2D eigenvalue weighted by Crippen LogP contribution is 2.41. The number of aryl methyl sites for hydroxylation is 3. The van der Waals surface area contributed by atoms with E-state index in [0.717, 1.165) is 50.1 Å². The Morgan fingerprint density at radius 1 is 1.10 bits per heavy atom. The second kappa shape index (κ2) is 9.92. The largest absolute Gasteiger partial charge is 0.438 e. The molecule has 4 aromatic rings. The minimum Gasteiger partial charge on any atom is -0.381 e. The molecule has 5 heterocycles. The molecule has 0 saturated carbocycles. The number of anilines is 2. The average Bonchev–Trinajstić information content (AvgIpc) is 3.45. The summed E-state index contributed by atoms with van der Waals surface area (Å²) in [6.07, 6.45) is -3.64. The Kier molecular flexibility index (Phi) is 6.71. The molecular formula is C29H34F4N8O. The predicted octanol–water partition coefficient (Wildman–Crippen LogP) is 5.34. The number of aromatic amines is 1. The van der Waals surface area contributed by atoms with Crippen LogP contribution in [0.5, 0.6) is 0 Å². The lowest BCUT2D eigenvalue weighted by Gasteiger charge is -2.45. The van der Waals surface area contributed by atoms with E-state index >= 15 is 4.39 Å². The van der Waals surface area contributed by atoms with E-state index in [2.05, 4.69) is 34.0 Å². The highest BCUT2D eigenvalue weighted by Gasteiger charge is 2.42. The number of hydrogen-bond acceptors (Lipinski definition) is 7. The average molecular weight is 587 g/mol. The van der Waals surface area contributed by atoms with Crippen LogP contribution in [0.1, 0.15) is 48.5 Å². The first-order valence-electron chi connectivity index (χ1n) is 14.0. The van der Waals surface area contributed by atoms with Crippen LogP contribution in [-0.4, -0.2) is 62.8 Å². The molecule has 1 fully saturated rings. The number of nitrogens with one attached hydrogen (secondary N) is 1. The zero-order valence-electron chi connectivity index (χ0n) is 24.5. The minimum atomic E-state index is -4.89. The summed E-state index contributed by atoms with van der Waals surface area (Å²) in [5.41, 5.74) is 3.50. The highest BCUT2D eigenvalue weighted by molar-refractivity contribution is 5.96. The van der Waals surface area contributed by atoms with E-state index in [4.69, 9.17) is 14.7 Å². The van der Waals surface area contributed by atoms with Crippen LogP contribution in [0, 0.1) is 25.1 Å². The first-order valence-corrected chi connectivity index (χ1v) is 14.0. The number of fused-ring (bicyclic) bond motifs is 2. The summed E-state index contributed by atoms with van der Waals surface area (Å²) in [5, 5.41) is 11.9. The molecule has 1 N–H and O–H groups in total. The van der Waals surface area contributed by atoms with Crippen molar-refractivity contribution in [2.75, 3.05) is 36.5 Å². The zero-order chi connectivity index (χ0) is 30.1. The van der Waals surface area contributed by atoms with Gasteiger partial charge in [-0.25, -0.2) is 19.0 Å². The lowest BCUT2D eigenvalue weighted by atomic mass is 9.81. The Morgan fingerprint density at radius 2 is 1.86 bits per heavy atom. The maximum absolute atomic E-state index is 15.2. The zero-order valence-corrected chi connectivity index (χ0v) is 24.5. The van der Waals surface area contributed by atoms with Gasteiger partial charge in [0, 0.05) is 74.4 Å². The molecule has 9 nitrogen and oxygen atoms in total. The first kappa shape index (κ1) is 28.4. The fourth-order valence-corrected chi connectivity index (χ4v) is 6.58. The molecule has 0 aliphatic carbocycles. The van der Waals surface area contributed by atoms with Gasteiger partial charge < -0.3 is 14.5 Å². The molecule has 13 heteroatoms. The summed E-state index contributed by atoms with van der Waals surface area (Å²) in [5.74, 6) is -0.288. The van der Waals surface area contributed by atoms with Crippen LogP contribution in [0.15, 0.2) is 12.1 Å². The molecule has 1 aromatic carbocycles. The van der Waals surface area contributed by atoms with Gasteiger partial charge >= 0.3 is 6.18 Å². The number of hydrogen-bond donors (Lipinski definition) is 1. The number of rotatable bonds is 4. The standard InChI is InChI=1S/C29H34F4N8O/c1-15-7-8-19-22(16(2)36-37-19)21(15)25-34-18-9-11-40(27-23(30)24(29(31,32)33)38-39(27)5)13-17(18)26(35-25)41-12-10-20(42-6)28(3,4)14-41/h7-8,20H,9-14H2,1-6H3,(H,36,37). The Bertz CT molecular complexity index is 1670. The van der Waals surface area contributed by atoms with E-state index in [1.165, 1.54) is 7.05 Å². The highest BCUT2D eigenvalue weighted by atomic mass is 19.4. The number of nitrogens with zero attached hydrogens (tertiary/aromatic N) is 7. The molecule has 42 heavy (non-hydrogen) atoms. The lowest BCUT2D eigenvalue weighted by molar-refractivity contribution is -0.143. The molecule has 1 atom stereocenters. The van der Waals surface area contributed by atoms with E-state index in [0.29, 0.717) is 31.2 Å². The Labute approximate surface area is 240 Å². The molecule has 6 rings (SSSR count). The molecule has 0 radical (unpaired) electrons. The molecule has 3 aromatic heterocycles. The maximum atomic E-state index is 15.2. The van der Waals surface area contributed by atoms with Gasteiger partial charge in [0.1, 0.15) is 5.82 Å². The van der Waals surface area contributed by atoms with Crippen molar-refractivity contribution in [3.8, 4) is 11.4 Å². The van der Waals surface area contributed by atoms with Gasteiger partial charge in [-0.15, -0.1) is 0 Å². The van der Waals surface area contributed by atoms with Crippen molar-refractivity contribution in [2.24, 2.45) is 12.5 Å². The second-order valence-corrected chi connectivity index (χ2v) is 12.0. The van der Waals surface area contributed by atoms with Crippen molar-refractivity contribution >= 4 is 22.5 Å². The number of methoxy groups -OCH3 is 1. The summed E-state index contributed by atoms with van der Waals surface area (Å²) >= 11 is 0. The minimum absolute atomic E-state index is 0.0660. The Balaban J connectivity index is 1.50. The molecule has 0 bridgehead atoms. The molecule has 2 aliphatic heterocycles. The van der Waals surface area contributed by atoms with Crippen LogP contribution in [0.2, 0.25) is 0 Å². The molecule has 2 aliphatic rings. The van der Waals surface area contributed by atoms with E-state index in [1.807, 2.05) is 26.0 Å². The third-order valence-corrected chi connectivity index (χ3v) is 8.62. The topological polar surface area (TPSA) is 88.0 Å². The van der Waals surface area contributed by atoms with Crippen LogP contribution >= 0.6 is 0 Å². The number of halogens is 4. The van der Waals surface area contributed by atoms with Crippen molar-refractivity contribution in [1.82, 2.24) is 29.9 Å². The number of H-pyrrole nitrogens is 1. The Hall–Kier alpha value is -3.74.